The zero-order chi connectivity index (χ0) is 22.8. The van der Waals surface area contributed by atoms with E-state index in [0.29, 0.717) is 16.6 Å². The van der Waals surface area contributed by atoms with Gasteiger partial charge in [-0.3, -0.25) is 4.79 Å². The Morgan fingerprint density at radius 1 is 1.09 bits per heavy atom. The molecule has 2 N–H and O–H groups in total. The molecule has 164 valence electrons. The third-order valence-corrected chi connectivity index (χ3v) is 5.76. The zero-order valence-corrected chi connectivity index (χ0v) is 19.4. The van der Waals surface area contributed by atoms with Crippen LogP contribution in [0.2, 0.25) is 5.02 Å². The first-order valence-corrected chi connectivity index (χ1v) is 11.0. The van der Waals surface area contributed by atoms with Gasteiger partial charge in [0.15, 0.2) is 6.61 Å². The molecule has 0 fully saturated rings. The van der Waals surface area contributed by atoms with E-state index < -0.39 is 0 Å². The van der Waals surface area contributed by atoms with Crippen LogP contribution in [0.1, 0.15) is 36.5 Å². The number of anilines is 1. The van der Waals surface area contributed by atoms with Crippen LogP contribution in [0.25, 0.3) is 22.4 Å². The van der Waals surface area contributed by atoms with Gasteiger partial charge in [0, 0.05) is 16.3 Å². The molecule has 0 aliphatic rings. The van der Waals surface area contributed by atoms with Crippen molar-refractivity contribution in [2.75, 3.05) is 11.9 Å². The predicted molar refractivity (Wildman–Crippen MR) is 131 cm³/mol. The van der Waals surface area contributed by atoms with E-state index in [2.05, 4.69) is 41.3 Å². The van der Waals surface area contributed by atoms with E-state index in [1.807, 2.05) is 56.3 Å². The minimum Gasteiger partial charge on any atom is -0.483 e. The summed E-state index contributed by atoms with van der Waals surface area (Å²) in [6.45, 7) is 8.14. The molecule has 4 rings (SSSR count). The first kappa shape index (κ1) is 21.9. The lowest BCUT2D eigenvalue weighted by molar-refractivity contribution is -0.118. The fourth-order valence-corrected chi connectivity index (χ4v) is 3.73. The SMILES string of the molecule is Cc1ccc(C(C)C)c(OCC(=O)Nc2ccc(-c3nc4cc(Cl)c(C)cc4[nH]3)cc2)c1. The van der Waals surface area contributed by atoms with Crippen LogP contribution in [0, 0.1) is 13.8 Å². The molecule has 0 saturated heterocycles. The minimum atomic E-state index is -0.206. The van der Waals surface area contributed by atoms with Gasteiger partial charge >= 0.3 is 0 Å². The van der Waals surface area contributed by atoms with Gasteiger partial charge in [-0.1, -0.05) is 37.6 Å². The highest BCUT2D eigenvalue weighted by atomic mass is 35.5. The molecular formula is C26H26ClN3O2. The van der Waals surface area contributed by atoms with Gasteiger partial charge in [-0.05, 0) is 78.9 Å². The number of carbonyl (C=O) groups excluding carboxylic acids is 1. The van der Waals surface area contributed by atoms with Crippen molar-refractivity contribution in [2.24, 2.45) is 0 Å². The van der Waals surface area contributed by atoms with E-state index in [1.165, 1.54) is 0 Å². The number of rotatable bonds is 6. The second-order valence-corrected chi connectivity index (χ2v) is 8.72. The first-order valence-electron chi connectivity index (χ1n) is 10.6. The van der Waals surface area contributed by atoms with Crippen molar-refractivity contribution < 1.29 is 9.53 Å². The smallest absolute Gasteiger partial charge is 0.262 e. The molecule has 0 saturated carbocycles. The maximum absolute atomic E-state index is 12.4. The van der Waals surface area contributed by atoms with Gasteiger partial charge < -0.3 is 15.0 Å². The van der Waals surface area contributed by atoms with Crippen LogP contribution in [0.3, 0.4) is 0 Å². The molecule has 32 heavy (non-hydrogen) atoms. The molecular weight excluding hydrogens is 422 g/mol. The first-order chi connectivity index (χ1) is 15.3. The molecule has 0 spiro atoms. The number of hydrogen-bond acceptors (Lipinski definition) is 3. The number of H-pyrrole nitrogens is 1. The van der Waals surface area contributed by atoms with E-state index in [1.54, 1.807) is 0 Å². The fourth-order valence-electron chi connectivity index (χ4n) is 3.57. The van der Waals surface area contributed by atoms with Crippen LogP contribution in [-0.2, 0) is 4.79 Å². The minimum absolute atomic E-state index is 0.0470. The maximum Gasteiger partial charge on any atom is 0.262 e. The second-order valence-electron chi connectivity index (χ2n) is 8.31. The van der Waals surface area contributed by atoms with Crippen LogP contribution in [0.4, 0.5) is 5.69 Å². The molecule has 0 bridgehead atoms. The number of fused-ring (bicyclic) bond motifs is 1. The van der Waals surface area contributed by atoms with E-state index in [4.69, 9.17) is 16.3 Å². The second kappa shape index (κ2) is 9.05. The van der Waals surface area contributed by atoms with Gasteiger partial charge in [0.25, 0.3) is 5.91 Å². The lowest BCUT2D eigenvalue weighted by Gasteiger charge is -2.15. The Labute approximate surface area is 192 Å². The number of aromatic amines is 1. The summed E-state index contributed by atoms with van der Waals surface area (Å²) in [6.07, 6.45) is 0. The Hall–Kier alpha value is -3.31. The molecule has 3 aromatic carbocycles. The van der Waals surface area contributed by atoms with E-state index in [0.717, 1.165) is 44.9 Å². The predicted octanol–water partition coefficient (Wildman–Crippen LogP) is 6.64. The number of nitrogens with one attached hydrogen (secondary N) is 2. The third kappa shape index (κ3) is 4.78. The lowest BCUT2D eigenvalue weighted by atomic mass is 10.0. The van der Waals surface area contributed by atoms with Crippen LogP contribution >= 0.6 is 11.6 Å². The maximum atomic E-state index is 12.4. The number of imidazole rings is 1. The largest absolute Gasteiger partial charge is 0.483 e. The number of nitrogens with zero attached hydrogens (tertiary/aromatic N) is 1. The monoisotopic (exact) mass is 447 g/mol. The van der Waals surface area contributed by atoms with Gasteiger partial charge in [0.05, 0.1) is 11.0 Å². The summed E-state index contributed by atoms with van der Waals surface area (Å²) < 4.78 is 5.82. The van der Waals surface area contributed by atoms with Crippen LogP contribution < -0.4 is 10.1 Å². The van der Waals surface area contributed by atoms with Crippen LogP contribution in [0.15, 0.2) is 54.6 Å². The normalized spacial score (nSPS) is 11.2. The van der Waals surface area contributed by atoms with Crippen molar-refractivity contribution in [1.29, 1.82) is 0 Å². The molecule has 1 heterocycles. The van der Waals surface area contributed by atoms with Crippen molar-refractivity contribution in [3.8, 4) is 17.1 Å². The van der Waals surface area contributed by atoms with Gasteiger partial charge in [0.1, 0.15) is 11.6 Å². The molecule has 4 aromatic rings. The molecule has 0 aliphatic heterocycles. The van der Waals surface area contributed by atoms with Crippen molar-refractivity contribution in [3.05, 3.63) is 76.3 Å². The Balaban J connectivity index is 1.42. The number of carbonyl (C=O) groups is 1. The molecule has 5 nitrogen and oxygen atoms in total. The number of ether oxygens (including phenoxy) is 1. The zero-order valence-electron chi connectivity index (χ0n) is 18.6. The number of aromatic nitrogens is 2. The van der Waals surface area contributed by atoms with Crippen molar-refractivity contribution >= 4 is 34.2 Å². The number of benzene rings is 3. The van der Waals surface area contributed by atoms with Crippen molar-refractivity contribution in [2.45, 2.75) is 33.6 Å². The molecule has 0 aliphatic carbocycles. The quantitative estimate of drug-likeness (QED) is 0.348. The molecule has 0 unspecified atom stereocenters. The molecule has 0 atom stereocenters. The Morgan fingerprint density at radius 2 is 1.84 bits per heavy atom. The van der Waals surface area contributed by atoms with Gasteiger partial charge in [-0.25, -0.2) is 4.98 Å². The van der Waals surface area contributed by atoms with Gasteiger partial charge in [-0.15, -0.1) is 0 Å². The Morgan fingerprint density at radius 3 is 2.56 bits per heavy atom. The Bertz CT molecular complexity index is 1240. The van der Waals surface area contributed by atoms with E-state index in [-0.39, 0.29) is 12.5 Å². The summed E-state index contributed by atoms with van der Waals surface area (Å²) in [6, 6.07) is 17.5. The van der Waals surface area contributed by atoms with Crippen LogP contribution in [-0.4, -0.2) is 22.5 Å². The summed E-state index contributed by atoms with van der Waals surface area (Å²) in [5.74, 6) is 1.62. The van der Waals surface area contributed by atoms with Crippen molar-refractivity contribution in [3.63, 3.8) is 0 Å². The summed E-state index contributed by atoms with van der Waals surface area (Å²) in [5.41, 5.74) is 6.57. The fraction of sp³-hybridized carbons (Fsp3) is 0.231. The third-order valence-electron chi connectivity index (χ3n) is 5.35. The van der Waals surface area contributed by atoms with Gasteiger partial charge in [-0.2, -0.15) is 0 Å². The standard InChI is InChI=1S/C26H26ClN3O2/c1-15(2)20-10-5-16(3)11-24(20)32-14-25(31)28-19-8-6-18(7-9-19)26-29-22-12-17(4)21(27)13-23(22)30-26/h5-13,15H,14H2,1-4H3,(H,28,31)(H,29,30). The van der Waals surface area contributed by atoms with Crippen molar-refractivity contribution in [1.82, 2.24) is 9.97 Å². The van der Waals surface area contributed by atoms with E-state index >= 15 is 0 Å². The molecule has 1 aromatic heterocycles. The van der Waals surface area contributed by atoms with Crippen LogP contribution in [0.5, 0.6) is 5.75 Å². The summed E-state index contributed by atoms with van der Waals surface area (Å²) in [4.78, 5) is 20.4. The molecule has 0 radical (unpaired) electrons. The van der Waals surface area contributed by atoms with Gasteiger partial charge in [0.2, 0.25) is 0 Å². The van der Waals surface area contributed by atoms with E-state index in [9.17, 15) is 4.79 Å². The molecule has 6 heteroatoms. The average Bonchev–Trinajstić information content (AvgIpc) is 3.15. The highest BCUT2D eigenvalue weighted by Gasteiger charge is 2.11. The average molecular weight is 448 g/mol. The topological polar surface area (TPSA) is 67.0 Å². The lowest BCUT2D eigenvalue weighted by Crippen LogP contribution is -2.20. The number of amides is 1. The number of halogens is 1. The number of aryl methyl sites for hydroxylation is 2. The highest BCUT2D eigenvalue weighted by molar-refractivity contribution is 6.32. The number of hydrogen-bond donors (Lipinski definition) is 2. The highest BCUT2D eigenvalue weighted by Crippen LogP contribution is 2.28. The summed E-state index contributed by atoms with van der Waals surface area (Å²) in [5, 5.41) is 3.58. The Kier molecular flexibility index (Phi) is 6.19. The summed E-state index contributed by atoms with van der Waals surface area (Å²) in [7, 11) is 0. The summed E-state index contributed by atoms with van der Waals surface area (Å²) >= 11 is 6.20. The molecule has 1 amide bonds.